The number of sulfonamides is 1. The zero-order chi connectivity index (χ0) is 19.4. The predicted octanol–water partition coefficient (Wildman–Crippen LogP) is 1.45. The SMILES string of the molecule is CC(C)[C@@H](CNS(=O)(=O)c1ccc(N2CCCC2=O)cc1)N1CCOCC1. The van der Waals surface area contributed by atoms with Crippen molar-refractivity contribution in [3.05, 3.63) is 24.3 Å². The first kappa shape index (κ1) is 20.3. The minimum absolute atomic E-state index is 0.0917. The highest BCUT2D eigenvalue weighted by molar-refractivity contribution is 7.89. The summed E-state index contributed by atoms with van der Waals surface area (Å²) in [6.45, 7) is 8.29. The van der Waals surface area contributed by atoms with Crippen molar-refractivity contribution >= 4 is 21.6 Å². The Kier molecular flexibility index (Phi) is 6.52. The quantitative estimate of drug-likeness (QED) is 0.756. The third-order valence-electron chi connectivity index (χ3n) is 5.30. The highest BCUT2D eigenvalue weighted by Gasteiger charge is 2.26. The number of anilines is 1. The molecule has 27 heavy (non-hydrogen) atoms. The summed E-state index contributed by atoms with van der Waals surface area (Å²) in [7, 11) is -3.59. The van der Waals surface area contributed by atoms with E-state index in [-0.39, 0.29) is 16.8 Å². The van der Waals surface area contributed by atoms with Crippen LogP contribution in [0.15, 0.2) is 29.2 Å². The summed E-state index contributed by atoms with van der Waals surface area (Å²) in [5.41, 5.74) is 0.754. The zero-order valence-electron chi connectivity index (χ0n) is 16.1. The van der Waals surface area contributed by atoms with E-state index in [1.54, 1.807) is 29.2 Å². The van der Waals surface area contributed by atoms with Gasteiger partial charge in [-0.05, 0) is 36.6 Å². The van der Waals surface area contributed by atoms with E-state index in [9.17, 15) is 13.2 Å². The lowest BCUT2D eigenvalue weighted by molar-refractivity contribution is -0.117. The van der Waals surface area contributed by atoms with Gasteiger partial charge >= 0.3 is 0 Å². The van der Waals surface area contributed by atoms with Crippen molar-refractivity contribution in [2.45, 2.75) is 37.6 Å². The van der Waals surface area contributed by atoms with Gasteiger partial charge in [-0.25, -0.2) is 13.1 Å². The fraction of sp³-hybridized carbons (Fsp3) is 0.632. The van der Waals surface area contributed by atoms with E-state index >= 15 is 0 Å². The maximum atomic E-state index is 12.7. The molecule has 150 valence electrons. The van der Waals surface area contributed by atoms with Gasteiger partial charge in [0.2, 0.25) is 15.9 Å². The van der Waals surface area contributed by atoms with Crippen LogP contribution in [-0.4, -0.2) is 64.7 Å². The molecule has 0 saturated carbocycles. The van der Waals surface area contributed by atoms with Crippen LogP contribution in [0.2, 0.25) is 0 Å². The first-order valence-electron chi connectivity index (χ1n) is 9.60. The second-order valence-corrected chi connectivity index (χ2v) is 9.22. The number of hydrogen-bond acceptors (Lipinski definition) is 5. The second kappa shape index (κ2) is 8.68. The Morgan fingerprint density at radius 2 is 1.78 bits per heavy atom. The summed E-state index contributed by atoms with van der Waals surface area (Å²) in [5.74, 6) is 0.420. The topological polar surface area (TPSA) is 79.0 Å². The Morgan fingerprint density at radius 3 is 2.33 bits per heavy atom. The molecular formula is C19H29N3O4S. The number of nitrogens with zero attached hydrogens (tertiary/aromatic N) is 2. The van der Waals surface area contributed by atoms with E-state index in [1.807, 2.05) is 0 Å². The molecule has 1 aromatic carbocycles. The van der Waals surface area contributed by atoms with Crippen LogP contribution >= 0.6 is 0 Å². The fourth-order valence-electron chi connectivity index (χ4n) is 3.70. The summed E-state index contributed by atoms with van der Waals surface area (Å²) < 4.78 is 33.6. The summed E-state index contributed by atoms with van der Waals surface area (Å²) in [6, 6.07) is 6.69. The first-order valence-corrected chi connectivity index (χ1v) is 11.1. The number of rotatable bonds is 7. The largest absolute Gasteiger partial charge is 0.379 e. The number of amides is 1. The summed E-state index contributed by atoms with van der Waals surface area (Å²) >= 11 is 0. The summed E-state index contributed by atoms with van der Waals surface area (Å²) in [4.78, 5) is 16.1. The van der Waals surface area contributed by atoms with Gasteiger partial charge in [0, 0.05) is 44.3 Å². The Balaban J connectivity index is 1.65. The zero-order valence-corrected chi connectivity index (χ0v) is 16.9. The predicted molar refractivity (Wildman–Crippen MR) is 104 cm³/mol. The van der Waals surface area contributed by atoms with Crippen LogP contribution in [-0.2, 0) is 19.6 Å². The number of nitrogens with one attached hydrogen (secondary N) is 1. The molecular weight excluding hydrogens is 366 g/mol. The van der Waals surface area contributed by atoms with Gasteiger partial charge in [0.25, 0.3) is 0 Å². The minimum Gasteiger partial charge on any atom is -0.379 e. The summed E-state index contributed by atoms with van der Waals surface area (Å²) in [5, 5.41) is 0. The monoisotopic (exact) mass is 395 g/mol. The molecule has 8 heteroatoms. The molecule has 1 N–H and O–H groups in total. The molecule has 7 nitrogen and oxygen atoms in total. The average molecular weight is 396 g/mol. The molecule has 2 aliphatic heterocycles. The number of carbonyl (C=O) groups is 1. The fourth-order valence-corrected chi connectivity index (χ4v) is 4.75. The van der Waals surface area contributed by atoms with Crippen LogP contribution in [0.3, 0.4) is 0 Å². The van der Waals surface area contributed by atoms with Gasteiger partial charge in [0.05, 0.1) is 18.1 Å². The highest BCUT2D eigenvalue weighted by atomic mass is 32.2. The molecule has 1 atom stereocenters. The molecule has 0 aromatic heterocycles. The Hall–Kier alpha value is -1.48. The average Bonchev–Trinajstić information content (AvgIpc) is 3.08. The van der Waals surface area contributed by atoms with E-state index in [0.29, 0.717) is 38.6 Å². The smallest absolute Gasteiger partial charge is 0.240 e. The van der Waals surface area contributed by atoms with Gasteiger partial charge in [-0.1, -0.05) is 13.8 Å². The van der Waals surface area contributed by atoms with Crippen LogP contribution in [0, 0.1) is 5.92 Å². The highest BCUT2D eigenvalue weighted by Crippen LogP contribution is 2.23. The van der Waals surface area contributed by atoms with Crippen molar-refractivity contribution in [1.29, 1.82) is 0 Å². The molecule has 0 spiro atoms. The maximum absolute atomic E-state index is 12.7. The van der Waals surface area contributed by atoms with Crippen LogP contribution in [0.25, 0.3) is 0 Å². The van der Waals surface area contributed by atoms with Gasteiger partial charge in [0.1, 0.15) is 0 Å². The van der Waals surface area contributed by atoms with Gasteiger partial charge in [0.15, 0.2) is 0 Å². The van der Waals surface area contributed by atoms with Gasteiger partial charge in [-0.15, -0.1) is 0 Å². The van der Waals surface area contributed by atoms with Crippen molar-refractivity contribution in [1.82, 2.24) is 9.62 Å². The number of benzene rings is 1. The number of ether oxygens (including phenoxy) is 1. The van der Waals surface area contributed by atoms with E-state index in [1.165, 1.54) is 0 Å². The summed E-state index contributed by atoms with van der Waals surface area (Å²) in [6.07, 6.45) is 1.40. The standard InChI is InChI=1S/C19H29N3O4S/c1-15(2)18(21-10-12-26-13-11-21)14-20-27(24,25)17-7-5-16(6-8-17)22-9-3-4-19(22)23/h5-8,15,18,20H,3-4,9-14H2,1-2H3/t18-/m1/s1. The van der Waals surface area contributed by atoms with Crippen molar-refractivity contribution < 1.29 is 17.9 Å². The molecule has 2 fully saturated rings. The molecule has 0 unspecified atom stereocenters. The molecule has 0 bridgehead atoms. The Bertz CT molecular complexity index is 743. The molecule has 2 aliphatic rings. The molecule has 1 aromatic rings. The van der Waals surface area contributed by atoms with Crippen LogP contribution < -0.4 is 9.62 Å². The maximum Gasteiger partial charge on any atom is 0.240 e. The third-order valence-corrected chi connectivity index (χ3v) is 6.74. The van der Waals surface area contributed by atoms with Crippen molar-refractivity contribution in [3.63, 3.8) is 0 Å². The molecule has 3 rings (SSSR count). The number of hydrogen-bond donors (Lipinski definition) is 1. The van der Waals surface area contributed by atoms with Crippen molar-refractivity contribution in [3.8, 4) is 0 Å². The second-order valence-electron chi connectivity index (χ2n) is 7.45. The first-order chi connectivity index (χ1) is 12.9. The normalized spacial score (nSPS) is 20.4. The molecule has 0 aliphatic carbocycles. The molecule has 2 heterocycles. The van der Waals surface area contributed by atoms with Crippen LogP contribution in [0.1, 0.15) is 26.7 Å². The van der Waals surface area contributed by atoms with E-state index in [0.717, 1.165) is 25.2 Å². The van der Waals surface area contributed by atoms with Gasteiger partial charge in [-0.3, -0.25) is 9.69 Å². The van der Waals surface area contributed by atoms with E-state index in [4.69, 9.17) is 4.74 Å². The van der Waals surface area contributed by atoms with E-state index in [2.05, 4.69) is 23.5 Å². The molecule has 1 amide bonds. The van der Waals surface area contributed by atoms with Crippen molar-refractivity contribution in [2.24, 2.45) is 5.92 Å². The van der Waals surface area contributed by atoms with Crippen LogP contribution in [0.5, 0.6) is 0 Å². The lowest BCUT2D eigenvalue weighted by Crippen LogP contribution is -2.51. The Labute approximate surface area is 161 Å². The lowest BCUT2D eigenvalue weighted by atomic mass is 10.0. The van der Waals surface area contributed by atoms with Gasteiger partial charge in [-0.2, -0.15) is 0 Å². The molecule has 0 radical (unpaired) electrons. The Morgan fingerprint density at radius 1 is 1.11 bits per heavy atom. The molecule has 2 saturated heterocycles. The third kappa shape index (κ3) is 4.87. The van der Waals surface area contributed by atoms with Crippen molar-refractivity contribution in [2.75, 3.05) is 44.3 Å². The van der Waals surface area contributed by atoms with E-state index < -0.39 is 10.0 Å². The number of carbonyl (C=O) groups excluding carboxylic acids is 1. The lowest BCUT2D eigenvalue weighted by Gasteiger charge is -2.36. The minimum atomic E-state index is -3.59. The van der Waals surface area contributed by atoms with Crippen LogP contribution in [0.4, 0.5) is 5.69 Å². The number of morpholine rings is 1. The van der Waals surface area contributed by atoms with Gasteiger partial charge < -0.3 is 9.64 Å².